The fraction of sp³-hybridized carbons (Fsp3) is 0.222. The molecule has 25 heavy (non-hydrogen) atoms. The molecule has 0 spiro atoms. The van der Waals surface area contributed by atoms with E-state index in [0.717, 1.165) is 5.56 Å². The Balaban J connectivity index is 1.63. The van der Waals surface area contributed by atoms with E-state index in [-0.39, 0.29) is 19.1 Å². The Morgan fingerprint density at radius 3 is 2.56 bits per heavy atom. The highest BCUT2D eigenvalue weighted by Gasteiger charge is 2.10. The third-order valence-electron chi connectivity index (χ3n) is 3.18. The summed E-state index contributed by atoms with van der Waals surface area (Å²) in [6, 6.07) is 13.6. The molecule has 1 amide bonds. The Morgan fingerprint density at radius 2 is 1.84 bits per heavy atom. The maximum atomic E-state index is 12.9. The smallest absolute Gasteiger partial charge is 0.344 e. The Bertz CT molecular complexity index is 724. The van der Waals surface area contributed by atoms with E-state index in [9.17, 15) is 14.0 Å². The first-order valence-electron chi connectivity index (χ1n) is 7.58. The van der Waals surface area contributed by atoms with E-state index in [1.165, 1.54) is 18.2 Å². The zero-order chi connectivity index (χ0) is 18.1. The number of esters is 1. The van der Waals surface area contributed by atoms with Crippen molar-refractivity contribution in [2.45, 2.75) is 6.42 Å². The van der Waals surface area contributed by atoms with E-state index in [2.05, 4.69) is 21.2 Å². The van der Waals surface area contributed by atoms with E-state index < -0.39 is 11.8 Å². The number of hydrogen-bond donors (Lipinski definition) is 1. The van der Waals surface area contributed by atoms with Crippen molar-refractivity contribution in [2.75, 3.05) is 19.8 Å². The van der Waals surface area contributed by atoms with Crippen molar-refractivity contribution in [1.29, 1.82) is 0 Å². The van der Waals surface area contributed by atoms with Gasteiger partial charge in [-0.25, -0.2) is 9.18 Å². The van der Waals surface area contributed by atoms with Crippen molar-refractivity contribution < 1.29 is 23.5 Å². The summed E-state index contributed by atoms with van der Waals surface area (Å²) in [7, 11) is 0. The second kappa shape index (κ2) is 9.78. The molecule has 0 fully saturated rings. The van der Waals surface area contributed by atoms with Crippen LogP contribution >= 0.6 is 15.9 Å². The van der Waals surface area contributed by atoms with E-state index in [1.807, 2.05) is 30.3 Å². The van der Waals surface area contributed by atoms with Gasteiger partial charge in [-0.2, -0.15) is 0 Å². The van der Waals surface area contributed by atoms with Crippen LogP contribution in [0.4, 0.5) is 4.39 Å². The number of amides is 1. The first-order valence-corrected chi connectivity index (χ1v) is 8.38. The van der Waals surface area contributed by atoms with Crippen molar-refractivity contribution in [1.82, 2.24) is 5.32 Å². The molecule has 0 unspecified atom stereocenters. The lowest BCUT2D eigenvalue weighted by atomic mass is 10.1. The van der Waals surface area contributed by atoms with E-state index in [4.69, 9.17) is 9.47 Å². The summed E-state index contributed by atoms with van der Waals surface area (Å²) in [6.45, 7) is -0.289. The summed E-state index contributed by atoms with van der Waals surface area (Å²) >= 11 is 3.13. The third-order valence-corrected chi connectivity index (χ3v) is 3.80. The lowest BCUT2D eigenvalue weighted by Gasteiger charge is -2.09. The van der Waals surface area contributed by atoms with Gasteiger partial charge in [-0.05, 0) is 46.1 Å². The molecule has 1 N–H and O–H groups in total. The Kier molecular flexibility index (Phi) is 7.40. The van der Waals surface area contributed by atoms with E-state index >= 15 is 0 Å². The van der Waals surface area contributed by atoms with E-state index in [1.54, 1.807) is 0 Å². The van der Waals surface area contributed by atoms with Crippen molar-refractivity contribution in [3.63, 3.8) is 0 Å². The summed E-state index contributed by atoms with van der Waals surface area (Å²) in [6.07, 6.45) is 0.697. The molecule has 7 heteroatoms. The fourth-order valence-electron chi connectivity index (χ4n) is 1.96. The molecule has 2 aromatic rings. The summed E-state index contributed by atoms with van der Waals surface area (Å²) in [5, 5.41) is 2.67. The first-order chi connectivity index (χ1) is 12.0. The van der Waals surface area contributed by atoms with Gasteiger partial charge in [0.15, 0.2) is 13.2 Å². The van der Waals surface area contributed by atoms with Gasteiger partial charge in [0, 0.05) is 6.54 Å². The molecule has 0 heterocycles. The van der Waals surface area contributed by atoms with Crippen LogP contribution in [0.25, 0.3) is 0 Å². The maximum Gasteiger partial charge on any atom is 0.344 e. The first kappa shape index (κ1) is 18.9. The van der Waals surface area contributed by atoms with E-state index in [0.29, 0.717) is 23.2 Å². The Labute approximate surface area is 153 Å². The van der Waals surface area contributed by atoms with Crippen LogP contribution in [-0.4, -0.2) is 31.6 Å². The van der Waals surface area contributed by atoms with Crippen molar-refractivity contribution >= 4 is 27.8 Å². The molecule has 132 valence electrons. The monoisotopic (exact) mass is 409 g/mol. The molecule has 0 radical (unpaired) electrons. The number of rotatable bonds is 8. The summed E-state index contributed by atoms with van der Waals surface area (Å²) in [4.78, 5) is 23.2. The van der Waals surface area contributed by atoms with Crippen LogP contribution in [0.1, 0.15) is 5.56 Å². The van der Waals surface area contributed by atoms with Gasteiger partial charge in [0.1, 0.15) is 11.6 Å². The van der Waals surface area contributed by atoms with Gasteiger partial charge in [-0.15, -0.1) is 0 Å². The molecule has 5 nitrogen and oxygen atoms in total. The third kappa shape index (κ3) is 6.93. The number of halogens is 2. The van der Waals surface area contributed by atoms with Crippen LogP contribution in [-0.2, 0) is 20.7 Å². The van der Waals surface area contributed by atoms with Crippen molar-refractivity contribution in [2.24, 2.45) is 0 Å². The molecule has 2 rings (SSSR count). The van der Waals surface area contributed by atoms with Gasteiger partial charge >= 0.3 is 5.97 Å². The van der Waals surface area contributed by atoms with Crippen LogP contribution < -0.4 is 10.1 Å². The molecule has 0 saturated carbocycles. The lowest BCUT2D eigenvalue weighted by Crippen LogP contribution is -2.31. The Morgan fingerprint density at radius 1 is 1.08 bits per heavy atom. The number of benzene rings is 2. The molecule has 2 aromatic carbocycles. The minimum atomic E-state index is -0.686. The Hall–Kier alpha value is -2.41. The molecule has 0 aliphatic heterocycles. The van der Waals surface area contributed by atoms with Gasteiger partial charge in [0.05, 0.1) is 4.47 Å². The van der Waals surface area contributed by atoms with Crippen LogP contribution in [0.5, 0.6) is 5.75 Å². The normalized spacial score (nSPS) is 10.2. The predicted octanol–water partition coefficient (Wildman–Crippen LogP) is 2.87. The number of nitrogens with one attached hydrogen (secondary N) is 1. The van der Waals surface area contributed by atoms with Crippen LogP contribution in [0.3, 0.4) is 0 Å². The standard InChI is InChI=1S/C18H17BrFNO4/c19-15-10-14(20)6-7-16(15)24-12-18(23)25-11-17(22)21-9-8-13-4-2-1-3-5-13/h1-7,10H,8-9,11-12H2,(H,21,22). The minimum absolute atomic E-state index is 0.311. The largest absolute Gasteiger partial charge is 0.481 e. The molecular formula is C18H17BrFNO4. The minimum Gasteiger partial charge on any atom is -0.481 e. The van der Waals surface area contributed by atoms with Gasteiger partial charge in [-0.1, -0.05) is 30.3 Å². The second-order valence-electron chi connectivity index (χ2n) is 5.11. The van der Waals surface area contributed by atoms with Crippen molar-refractivity contribution in [3.8, 4) is 5.75 Å². The number of carbonyl (C=O) groups is 2. The average Bonchev–Trinajstić information content (AvgIpc) is 2.60. The topological polar surface area (TPSA) is 64.6 Å². The van der Waals surface area contributed by atoms with Gasteiger partial charge < -0.3 is 14.8 Å². The van der Waals surface area contributed by atoms with Gasteiger partial charge in [0.25, 0.3) is 5.91 Å². The molecule has 0 aromatic heterocycles. The summed E-state index contributed by atoms with van der Waals surface area (Å²) in [5.41, 5.74) is 1.11. The average molecular weight is 410 g/mol. The molecule has 0 aliphatic carbocycles. The van der Waals surface area contributed by atoms with Crippen LogP contribution in [0, 0.1) is 5.82 Å². The maximum absolute atomic E-state index is 12.9. The summed E-state index contributed by atoms with van der Waals surface area (Å²) in [5.74, 6) is -1.18. The van der Waals surface area contributed by atoms with Crippen LogP contribution in [0.15, 0.2) is 53.0 Å². The highest BCUT2D eigenvalue weighted by molar-refractivity contribution is 9.10. The molecule has 0 bridgehead atoms. The summed E-state index contributed by atoms with van der Waals surface area (Å²) < 4.78 is 23.4. The SMILES string of the molecule is O=C(COC(=O)COc1ccc(F)cc1Br)NCCc1ccccc1. The van der Waals surface area contributed by atoms with Crippen LogP contribution in [0.2, 0.25) is 0 Å². The highest BCUT2D eigenvalue weighted by Crippen LogP contribution is 2.25. The fourth-order valence-corrected chi connectivity index (χ4v) is 2.42. The molecule has 0 saturated heterocycles. The lowest BCUT2D eigenvalue weighted by molar-refractivity contribution is -0.150. The number of carbonyl (C=O) groups excluding carboxylic acids is 2. The van der Waals surface area contributed by atoms with Gasteiger partial charge in [-0.3, -0.25) is 4.79 Å². The number of hydrogen-bond acceptors (Lipinski definition) is 4. The highest BCUT2D eigenvalue weighted by atomic mass is 79.9. The molecule has 0 aliphatic rings. The molecular weight excluding hydrogens is 393 g/mol. The van der Waals surface area contributed by atoms with Gasteiger partial charge in [0.2, 0.25) is 0 Å². The quantitative estimate of drug-likeness (QED) is 0.680. The predicted molar refractivity (Wildman–Crippen MR) is 93.7 cm³/mol. The number of ether oxygens (including phenoxy) is 2. The van der Waals surface area contributed by atoms with Crippen molar-refractivity contribution in [3.05, 3.63) is 64.4 Å². The zero-order valence-electron chi connectivity index (χ0n) is 13.3. The second-order valence-corrected chi connectivity index (χ2v) is 5.96. The molecule has 0 atom stereocenters. The zero-order valence-corrected chi connectivity index (χ0v) is 14.9.